The van der Waals surface area contributed by atoms with E-state index in [1.165, 1.54) is 11.8 Å². The van der Waals surface area contributed by atoms with Crippen molar-refractivity contribution in [3.63, 3.8) is 0 Å². The molecule has 0 aliphatic rings. The molecule has 0 aliphatic carbocycles. The number of rotatable bonds is 4. The van der Waals surface area contributed by atoms with Crippen molar-refractivity contribution >= 4 is 11.8 Å². The molecule has 0 bridgehead atoms. The molecule has 0 unspecified atom stereocenters. The lowest BCUT2D eigenvalue weighted by Crippen LogP contribution is -1.88. The van der Waals surface area contributed by atoms with Gasteiger partial charge in [-0.3, -0.25) is 0 Å². The minimum atomic E-state index is 0.761. The van der Waals surface area contributed by atoms with Crippen molar-refractivity contribution in [2.75, 3.05) is 0 Å². The van der Waals surface area contributed by atoms with Gasteiger partial charge in [0.2, 0.25) is 0 Å². The summed E-state index contributed by atoms with van der Waals surface area (Å²) in [5.41, 5.74) is 2.95. The van der Waals surface area contributed by atoms with Crippen molar-refractivity contribution in [1.82, 2.24) is 0 Å². The number of hydrogen-bond acceptors (Lipinski definition) is 1. The van der Waals surface area contributed by atoms with Crippen LogP contribution in [0.5, 0.6) is 0 Å². The third-order valence-electron chi connectivity index (χ3n) is 2.70. The van der Waals surface area contributed by atoms with E-state index in [1.54, 1.807) is 0 Å². The Labute approximate surface area is 106 Å². The molecule has 0 amide bonds. The molecule has 0 atom stereocenters. The van der Waals surface area contributed by atoms with Gasteiger partial charge in [-0.1, -0.05) is 76.4 Å². The molecular weight excluding hydrogens is 225 g/mol. The molecule has 2 rings (SSSR count). The standard InChI is InChI=1S/C16H14FN/c17-18-13-16(15-9-5-2-6-10-15)12-11-14-7-3-1-4-8-14/h1-10,12-13H,11H2/b16-12+,18-13+. The van der Waals surface area contributed by atoms with Crippen molar-refractivity contribution in [1.29, 1.82) is 0 Å². The van der Waals surface area contributed by atoms with Crippen LogP contribution in [0.1, 0.15) is 11.1 Å². The largest absolute Gasteiger partial charge is 0.0950 e. The van der Waals surface area contributed by atoms with E-state index >= 15 is 0 Å². The fourth-order valence-corrected chi connectivity index (χ4v) is 1.77. The average Bonchev–Trinajstić information content (AvgIpc) is 2.45. The van der Waals surface area contributed by atoms with Gasteiger partial charge in [-0.2, -0.15) is 0 Å². The Balaban J connectivity index is 2.21. The van der Waals surface area contributed by atoms with Crippen molar-refractivity contribution in [3.8, 4) is 0 Å². The Morgan fingerprint density at radius 2 is 1.56 bits per heavy atom. The van der Waals surface area contributed by atoms with Gasteiger partial charge in [0.1, 0.15) is 0 Å². The van der Waals surface area contributed by atoms with Gasteiger partial charge >= 0.3 is 0 Å². The Morgan fingerprint density at radius 1 is 0.944 bits per heavy atom. The predicted molar refractivity (Wildman–Crippen MR) is 74.2 cm³/mol. The zero-order chi connectivity index (χ0) is 12.6. The van der Waals surface area contributed by atoms with Crippen molar-refractivity contribution < 1.29 is 4.48 Å². The first kappa shape index (κ1) is 12.2. The molecule has 0 aromatic heterocycles. The lowest BCUT2D eigenvalue weighted by molar-refractivity contribution is 0.542. The fraction of sp³-hybridized carbons (Fsp3) is 0.0625. The van der Waals surface area contributed by atoms with E-state index in [0.717, 1.165) is 17.6 Å². The SMILES string of the molecule is F/N=C/C(=C\Cc1ccccc1)c1ccccc1. The van der Waals surface area contributed by atoms with Crippen LogP contribution >= 0.6 is 0 Å². The van der Waals surface area contributed by atoms with E-state index in [0.29, 0.717) is 0 Å². The number of nitrogens with zero attached hydrogens (tertiary/aromatic N) is 1. The molecule has 0 N–H and O–H groups in total. The van der Waals surface area contributed by atoms with Crippen LogP contribution < -0.4 is 0 Å². The maximum atomic E-state index is 12.2. The van der Waals surface area contributed by atoms with Crippen molar-refractivity contribution in [2.24, 2.45) is 5.21 Å². The highest BCUT2D eigenvalue weighted by molar-refractivity contribution is 6.09. The van der Waals surface area contributed by atoms with Gasteiger partial charge < -0.3 is 0 Å². The Kier molecular flexibility index (Phi) is 4.42. The minimum Gasteiger partial charge on any atom is -0.0950 e. The molecular formula is C16H14FN. The summed E-state index contributed by atoms with van der Waals surface area (Å²) in [6.07, 6.45) is 3.99. The lowest BCUT2D eigenvalue weighted by atomic mass is 10.0. The van der Waals surface area contributed by atoms with Gasteiger partial charge in [0.05, 0.1) is 6.21 Å². The van der Waals surface area contributed by atoms with Crippen LogP contribution in [0.15, 0.2) is 72.0 Å². The summed E-state index contributed by atoms with van der Waals surface area (Å²) in [5.74, 6) is 0. The second kappa shape index (κ2) is 6.50. The van der Waals surface area contributed by atoms with E-state index in [1.807, 2.05) is 66.7 Å². The van der Waals surface area contributed by atoms with Crippen LogP contribution in [0.3, 0.4) is 0 Å². The molecule has 2 aromatic carbocycles. The third-order valence-corrected chi connectivity index (χ3v) is 2.70. The molecule has 0 saturated heterocycles. The molecule has 0 aliphatic heterocycles. The van der Waals surface area contributed by atoms with Crippen LogP contribution in [0.4, 0.5) is 4.48 Å². The molecule has 18 heavy (non-hydrogen) atoms. The summed E-state index contributed by atoms with van der Waals surface area (Å²) in [5, 5.41) is 2.63. The van der Waals surface area contributed by atoms with Gasteiger partial charge in [-0.05, 0) is 23.1 Å². The van der Waals surface area contributed by atoms with Gasteiger partial charge in [0.25, 0.3) is 0 Å². The maximum absolute atomic E-state index is 12.2. The number of allylic oxidation sites excluding steroid dienone is 2. The highest BCUT2D eigenvalue weighted by Crippen LogP contribution is 2.13. The van der Waals surface area contributed by atoms with Crippen molar-refractivity contribution in [3.05, 3.63) is 77.9 Å². The molecule has 0 spiro atoms. The molecule has 2 aromatic rings. The second-order valence-corrected chi connectivity index (χ2v) is 3.94. The number of halogens is 1. The lowest BCUT2D eigenvalue weighted by Gasteiger charge is -2.02. The van der Waals surface area contributed by atoms with E-state index in [-0.39, 0.29) is 0 Å². The molecule has 1 nitrogen and oxygen atoms in total. The zero-order valence-electron chi connectivity index (χ0n) is 9.96. The smallest absolute Gasteiger partial charge is 0.0674 e. The summed E-state index contributed by atoms with van der Waals surface area (Å²) in [6.45, 7) is 0. The minimum absolute atomic E-state index is 0.761. The molecule has 0 saturated carbocycles. The predicted octanol–water partition coefficient (Wildman–Crippen LogP) is 4.27. The second-order valence-electron chi connectivity index (χ2n) is 3.94. The number of benzene rings is 2. The Bertz CT molecular complexity index is 530. The first-order chi connectivity index (χ1) is 8.90. The molecule has 90 valence electrons. The van der Waals surface area contributed by atoms with Gasteiger partial charge in [-0.15, -0.1) is 0 Å². The van der Waals surface area contributed by atoms with Crippen molar-refractivity contribution in [2.45, 2.75) is 6.42 Å². The topological polar surface area (TPSA) is 12.4 Å². The Hall–Kier alpha value is -2.22. The van der Waals surface area contributed by atoms with Gasteiger partial charge in [-0.25, -0.2) is 0 Å². The summed E-state index contributed by atoms with van der Waals surface area (Å²) >= 11 is 0. The van der Waals surface area contributed by atoms with Crippen LogP contribution in [0.25, 0.3) is 5.57 Å². The summed E-state index contributed by atoms with van der Waals surface area (Å²) < 4.78 is 12.2. The molecule has 2 heteroatoms. The molecule has 0 heterocycles. The zero-order valence-corrected chi connectivity index (χ0v) is 9.96. The maximum Gasteiger partial charge on any atom is 0.0674 e. The van der Waals surface area contributed by atoms with Crippen LogP contribution in [-0.2, 0) is 6.42 Å². The average molecular weight is 239 g/mol. The molecule has 0 fully saturated rings. The first-order valence-corrected chi connectivity index (χ1v) is 5.84. The quantitative estimate of drug-likeness (QED) is 0.706. The summed E-state index contributed by atoms with van der Waals surface area (Å²) in [4.78, 5) is 0. The highest BCUT2D eigenvalue weighted by Gasteiger charge is 1.98. The number of hydrogen-bond donors (Lipinski definition) is 0. The third kappa shape index (κ3) is 3.39. The van der Waals surface area contributed by atoms with E-state index in [9.17, 15) is 4.48 Å². The summed E-state index contributed by atoms with van der Waals surface area (Å²) in [7, 11) is 0. The highest BCUT2D eigenvalue weighted by atomic mass is 19.2. The van der Waals surface area contributed by atoms with E-state index in [2.05, 4.69) is 5.21 Å². The molecule has 0 radical (unpaired) electrons. The van der Waals surface area contributed by atoms with Crippen LogP contribution in [0, 0.1) is 0 Å². The van der Waals surface area contributed by atoms with Gasteiger partial charge in [0.15, 0.2) is 0 Å². The van der Waals surface area contributed by atoms with E-state index in [4.69, 9.17) is 0 Å². The van der Waals surface area contributed by atoms with Crippen LogP contribution in [-0.4, -0.2) is 6.21 Å². The van der Waals surface area contributed by atoms with E-state index < -0.39 is 0 Å². The van der Waals surface area contributed by atoms with Gasteiger partial charge in [0, 0.05) is 0 Å². The Morgan fingerprint density at radius 3 is 2.17 bits per heavy atom. The first-order valence-electron chi connectivity index (χ1n) is 5.84. The fourth-order valence-electron chi connectivity index (χ4n) is 1.77. The summed E-state index contributed by atoms with van der Waals surface area (Å²) in [6, 6.07) is 19.7. The monoisotopic (exact) mass is 239 g/mol. The normalized spacial score (nSPS) is 11.9. The van der Waals surface area contributed by atoms with Crippen LogP contribution in [0.2, 0.25) is 0 Å².